The molecule has 0 N–H and O–H groups in total. The Bertz CT molecular complexity index is 650. The lowest BCUT2D eigenvalue weighted by Gasteiger charge is -2.15. The van der Waals surface area contributed by atoms with Crippen LogP contribution in [0.2, 0.25) is 0 Å². The van der Waals surface area contributed by atoms with Crippen molar-refractivity contribution in [1.82, 2.24) is 0 Å². The molecule has 0 spiro atoms. The molecule has 1 nitrogen and oxygen atoms in total. The second kappa shape index (κ2) is 6.80. The van der Waals surface area contributed by atoms with Crippen LogP contribution in [0.1, 0.15) is 13.7 Å². The average Bonchev–Trinajstić information content (AvgIpc) is 2.52. The Kier molecular flexibility index (Phi) is 2.86. The van der Waals surface area contributed by atoms with Crippen molar-refractivity contribution in [3.05, 3.63) is 60.7 Å². The Hall–Kier alpha value is -1.82. The summed E-state index contributed by atoms with van der Waals surface area (Å²) >= 11 is 0. The molecule has 0 aliphatic carbocycles. The molecule has 0 bridgehead atoms. The van der Waals surface area contributed by atoms with E-state index in [1.807, 2.05) is 66.6 Å². The quantitative estimate of drug-likeness (QED) is 0.597. The fourth-order valence-electron chi connectivity index (χ4n) is 1.70. The molecule has 0 unspecified atom stereocenters. The molecule has 0 fully saturated rings. The maximum absolute atomic E-state index is 7.89. The minimum Gasteiger partial charge on any atom is -0.400 e. The van der Waals surface area contributed by atoms with Gasteiger partial charge in [0.25, 0.3) is 0 Å². The zero-order valence-electron chi connectivity index (χ0n) is 14.8. The van der Waals surface area contributed by atoms with E-state index >= 15 is 0 Å². The third kappa shape index (κ3) is 3.33. The average molecular weight is 257 g/mol. The highest BCUT2D eigenvalue weighted by atomic mass is 28.3. The van der Waals surface area contributed by atoms with E-state index in [-0.39, 0.29) is 0 Å². The molecule has 2 rings (SSSR count). The first-order valence-corrected chi connectivity index (χ1v) is 7.21. The van der Waals surface area contributed by atoms with Gasteiger partial charge >= 0.3 is 0 Å². The molecule has 0 amide bonds. The summed E-state index contributed by atoms with van der Waals surface area (Å²) < 4.78 is 42.6. The Morgan fingerprint density at radius 1 is 1.06 bits per heavy atom. The summed E-state index contributed by atoms with van der Waals surface area (Å²) in [5, 5.41) is 1.80. The Morgan fingerprint density at radius 2 is 1.61 bits per heavy atom. The molecular weight excluding hydrogens is 236 g/mol. The van der Waals surface area contributed by atoms with Crippen LogP contribution in [0.4, 0.5) is 0 Å². The van der Waals surface area contributed by atoms with Gasteiger partial charge in [0.1, 0.15) is 0 Å². The second-order valence-corrected chi connectivity index (χ2v) is 6.00. The van der Waals surface area contributed by atoms with E-state index in [9.17, 15) is 0 Å². The van der Waals surface area contributed by atoms with E-state index < -0.39 is 22.5 Å². The Balaban J connectivity index is 2.34. The smallest absolute Gasteiger partial charge is 0.241 e. The SMILES string of the molecule is [2H]C([2H])([2H])C#CC([2H])([2H])O[SiH](c1ccccc1)c1ccccc1. The molecule has 0 atom stereocenters. The van der Waals surface area contributed by atoms with Gasteiger partial charge in [-0.1, -0.05) is 66.6 Å². The summed E-state index contributed by atoms with van der Waals surface area (Å²) in [6.07, 6.45) is 0. The molecule has 0 aliphatic rings. The maximum atomic E-state index is 7.89. The third-order valence-corrected chi connectivity index (χ3v) is 4.83. The van der Waals surface area contributed by atoms with Gasteiger partial charge in [0.2, 0.25) is 9.04 Å². The Morgan fingerprint density at radius 3 is 2.11 bits per heavy atom. The van der Waals surface area contributed by atoms with Crippen LogP contribution in [0.15, 0.2) is 60.7 Å². The molecule has 0 heterocycles. The van der Waals surface area contributed by atoms with Gasteiger partial charge in [-0.15, -0.1) is 5.92 Å². The largest absolute Gasteiger partial charge is 0.400 e. The van der Waals surface area contributed by atoms with Crippen LogP contribution in [0, 0.1) is 11.8 Å². The normalized spacial score (nSPS) is 15.5. The van der Waals surface area contributed by atoms with E-state index in [1.165, 1.54) is 0 Å². The molecule has 0 saturated heterocycles. The lowest BCUT2D eigenvalue weighted by atomic mass is 10.4. The van der Waals surface area contributed by atoms with Crippen LogP contribution < -0.4 is 10.4 Å². The minimum atomic E-state index is -2.51. The maximum Gasteiger partial charge on any atom is 0.241 e. The number of hydrogen-bond acceptors (Lipinski definition) is 1. The van der Waals surface area contributed by atoms with Gasteiger partial charge in [-0.3, -0.25) is 0 Å². The fourth-order valence-corrected chi connectivity index (χ4v) is 3.68. The minimum absolute atomic E-state index is 0.901. The molecule has 0 aromatic heterocycles. The fraction of sp³-hybridized carbons (Fsp3) is 0.125. The number of hydrogen-bond donors (Lipinski definition) is 0. The summed E-state index contributed by atoms with van der Waals surface area (Å²) in [6, 6.07) is 18.8. The van der Waals surface area contributed by atoms with Gasteiger partial charge < -0.3 is 4.43 Å². The van der Waals surface area contributed by atoms with Crippen molar-refractivity contribution in [1.29, 1.82) is 0 Å². The monoisotopic (exact) mass is 257 g/mol. The first kappa shape index (κ1) is 7.58. The number of rotatable bonds is 4. The van der Waals surface area contributed by atoms with Gasteiger partial charge in [0.05, 0.1) is 9.30 Å². The lowest BCUT2D eigenvalue weighted by molar-refractivity contribution is 0.390. The second-order valence-electron chi connectivity index (χ2n) is 3.67. The van der Waals surface area contributed by atoms with Crippen molar-refractivity contribution in [2.24, 2.45) is 0 Å². The van der Waals surface area contributed by atoms with Gasteiger partial charge in [-0.05, 0) is 17.2 Å². The van der Waals surface area contributed by atoms with Gasteiger partial charge in [-0.25, -0.2) is 0 Å². The molecule has 90 valence electrons. The van der Waals surface area contributed by atoms with Crippen LogP contribution in [-0.2, 0) is 4.43 Å². The van der Waals surface area contributed by atoms with Crippen LogP contribution in [-0.4, -0.2) is 15.6 Å². The van der Waals surface area contributed by atoms with Gasteiger partial charge in [-0.2, -0.15) is 0 Å². The highest BCUT2D eigenvalue weighted by Gasteiger charge is 2.16. The van der Waals surface area contributed by atoms with E-state index in [0.717, 1.165) is 10.4 Å². The molecule has 2 aromatic rings. The molecule has 0 saturated carbocycles. The molecule has 0 radical (unpaired) electrons. The highest BCUT2D eigenvalue weighted by Crippen LogP contribution is 1.94. The predicted octanol–water partition coefficient (Wildman–Crippen LogP) is 1.56. The topological polar surface area (TPSA) is 9.23 Å². The van der Waals surface area contributed by atoms with Crippen LogP contribution >= 0.6 is 0 Å². The van der Waals surface area contributed by atoms with E-state index in [2.05, 4.69) is 5.92 Å². The van der Waals surface area contributed by atoms with Crippen molar-refractivity contribution >= 4 is 19.4 Å². The van der Waals surface area contributed by atoms with Crippen LogP contribution in [0.25, 0.3) is 0 Å². The molecule has 0 aliphatic heterocycles. The lowest BCUT2D eigenvalue weighted by Crippen LogP contribution is -2.44. The van der Waals surface area contributed by atoms with E-state index in [0.29, 0.717) is 0 Å². The summed E-state index contributed by atoms with van der Waals surface area (Å²) in [5.74, 6) is 4.04. The molecule has 2 aromatic carbocycles. The summed E-state index contributed by atoms with van der Waals surface area (Å²) in [7, 11) is -2.32. The Labute approximate surface area is 117 Å². The first-order valence-electron chi connectivity index (χ1n) is 8.09. The van der Waals surface area contributed by atoms with Crippen molar-refractivity contribution in [2.75, 3.05) is 6.56 Å². The van der Waals surface area contributed by atoms with E-state index in [4.69, 9.17) is 11.3 Å². The first-order chi connectivity index (χ1) is 10.8. The van der Waals surface area contributed by atoms with Gasteiger partial charge in [0, 0.05) is 4.11 Å². The van der Waals surface area contributed by atoms with Crippen molar-refractivity contribution in [3.63, 3.8) is 0 Å². The van der Waals surface area contributed by atoms with E-state index in [1.54, 1.807) is 0 Å². The zero-order chi connectivity index (χ0) is 16.9. The zero-order valence-corrected chi connectivity index (χ0v) is 10.9. The predicted molar refractivity (Wildman–Crippen MR) is 78.7 cm³/mol. The van der Waals surface area contributed by atoms with Crippen molar-refractivity contribution in [3.8, 4) is 11.8 Å². The van der Waals surface area contributed by atoms with Crippen molar-refractivity contribution in [2.45, 2.75) is 6.85 Å². The van der Waals surface area contributed by atoms with Crippen molar-refractivity contribution < 1.29 is 11.3 Å². The number of benzene rings is 2. The summed E-state index contributed by atoms with van der Waals surface area (Å²) in [5.41, 5.74) is 0. The highest BCUT2D eigenvalue weighted by molar-refractivity contribution is 6.80. The molecular formula is C16H16OSi. The standard InChI is InChI=1S/C16H16OSi/c1-2-3-14-17-18(15-10-6-4-7-11-15)16-12-8-5-9-13-16/h4-13,18H,14H2,1H3/i1D3,14D2. The van der Waals surface area contributed by atoms with Gasteiger partial charge in [0.15, 0.2) is 0 Å². The third-order valence-electron chi connectivity index (χ3n) is 2.49. The summed E-state index contributed by atoms with van der Waals surface area (Å²) in [6.45, 7) is -4.83. The molecule has 18 heavy (non-hydrogen) atoms. The van der Waals surface area contributed by atoms with Crippen LogP contribution in [0.5, 0.6) is 0 Å². The van der Waals surface area contributed by atoms with Crippen LogP contribution in [0.3, 0.4) is 0 Å². The molecule has 2 heteroatoms. The summed E-state index contributed by atoms with van der Waals surface area (Å²) in [4.78, 5) is 0.